The average Bonchev–Trinajstić information content (AvgIpc) is 3.05. The van der Waals surface area contributed by atoms with Gasteiger partial charge in [-0.05, 0) is 25.0 Å². The van der Waals surface area contributed by atoms with Crippen molar-refractivity contribution in [2.45, 2.75) is 13.3 Å². The molecule has 8 nitrogen and oxygen atoms in total. The molecule has 2 aromatic heterocycles. The number of anilines is 1. The van der Waals surface area contributed by atoms with Crippen LogP contribution in [0.25, 0.3) is 17.2 Å². The quantitative estimate of drug-likeness (QED) is 0.627. The predicted octanol–water partition coefficient (Wildman–Crippen LogP) is 2.16. The minimum absolute atomic E-state index is 0. The van der Waals surface area contributed by atoms with E-state index in [2.05, 4.69) is 25.4 Å². The van der Waals surface area contributed by atoms with Crippen molar-refractivity contribution in [2.75, 3.05) is 25.6 Å². The number of H-pyrrole nitrogens is 1. The number of ether oxygens (including phenoxy) is 1. The first-order valence-electron chi connectivity index (χ1n) is 8.10. The fourth-order valence-electron chi connectivity index (χ4n) is 2.36. The summed E-state index contributed by atoms with van der Waals surface area (Å²) in [5, 5.41) is 7.45. The maximum atomic E-state index is 14.0. The molecule has 26 heavy (non-hydrogen) atoms. The van der Waals surface area contributed by atoms with Gasteiger partial charge in [0.25, 0.3) is 5.56 Å². The second kappa shape index (κ2) is 7.87. The van der Waals surface area contributed by atoms with E-state index in [1.165, 1.54) is 23.1 Å². The van der Waals surface area contributed by atoms with E-state index in [9.17, 15) is 9.18 Å². The summed E-state index contributed by atoms with van der Waals surface area (Å²) in [5.74, 6) is 0.697. The van der Waals surface area contributed by atoms with Crippen LogP contribution in [-0.4, -0.2) is 45.0 Å². The van der Waals surface area contributed by atoms with E-state index in [0.29, 0.717) is 41.9 Å². The Kier molecular flexibility index (Phi) is 5.37. The lowest BCUT2D eigenvalue weighted by molar-refractivity contribution is 0.197. The summed E-state index contributed by atoms with van der Waals surface area (Å²) in [6, 6.07) is 6.11. The summed E-state index contributed by atoms with van der Waals surface area (Å²) in [7, 11) is 1.63. The Morgan fingerprint density at radius 1 is 1.38 bits per heavy atom. The molecule has 138 valence electrons. The Hall–Kier alpha value is -3.07. The van der Waals surface area contributed by atoms with Gasteiger partial charge in [-0.2, -0.15) is 9.67 Å². The molecule has 0 unspecified atom stereocenters. The number of aromatic nitrogens is 5. The van der Waals surface area contributed by atoms with Crippen molar-refractivity contribution in [3.05, 3.63) is 52.3 Å². The number of benzene rings is 1. The lowest BCUT2D eigenvalue weighted by Crippen LogP contribution is -2.11. The van der Waals surface area contributed by atoms with Crippen molar-refractivity contribution in [1.82, 2.24) is 24.7 Å². The molecule has 2 heterocycles. The molecule has 0 saturated heterocycles. The summed E-state index contributed by atoms with van der Waals surface area (Å²) in [4.78, 5) is 22.6. The van der Waals surface area contributed by atoms with Crippen LogP contribution in [0.1, 0.15) is 13.4 Å². The SMILES string of the molecule is COCCCNc1nc(-c2ccc(C)c(F)c2)n(-c2cc(=O)[nH]cn2)n1.[HH]. The number of methoxy groups -OCH3 is 1. The van der Waals surface area contributed by atoms with E-state index in [0.717, 1.165) is 6.42 Å². The number of rotatable bonds is 7. The molecule has 9 heteroatoms. The predicted molar refractivity (Wildman–Crippen MR) is 97.0 cm³/mol. The van der Waals surface area contributed by atoms with E-state index in [-0.39, 0.29) is 12.8 Å². The van der Waals surface area contributed by atoms with Gasteiger partial charge in [-0.1, -0.05) is 12.1 Å². The highest BCUT2D eigenvalue weighted by Gasteiger charge is 2.16. The zero-order valence-corrected chi connectivity index (χ0v) is 14.5. The molecule has 0 aliphatic rings. The molecular weight excluding hydrogens is 339 g/mol. The number of nitrogens with one attached hydrogen (secondary N) is 2. The summed E-state index contributed by atoms with van der Waals surface area (Å²) in [5.41, 5.74) is 0.751. The first kappa shape index (κ1) is 17.7. The normalized spacial score (nSPS) is 10.9. The number of hydrogen-bond acceptors (Lipinski definition) is 6. The van der Waals surface area contributed by atoms with Gasteiger partial charge in [-0.3, -0.25) is 4.79 Å². The first-order chi connectivity index (χ1) is 12.6. The van der Waals surface area contributed by atoms with Crippen molar-refractivity contribution in [3.63, 3.8) is 0 Å². The molecule has 0 radical (unpaired) electrons. The highest BCUT2D eigenvalue weighted by atomic mass is 19.1. The van der Waals surface area contributed by atoms with Gasteiger partial charge in [0.15, 0.2) is 11.6 Å². The minimum atomic E-state index is -0.342. The van der Waals surface area contributed by atoms with Gasteiger partial charge < -0.3 is 15.0 Å². The van der Waals surface area contributed by atoms with Crippen LogP contribution in [0.3, 0.4) is 0 Å². The van der Waals surface area contributed by atoms with Gasteiger partial charge in [0, 0.05) is 33.3 Å². The van der Waals surface area contributed by atoms with Crippen molar-refractivity contribution in [1.29, 1.82) is 0 Å². The zero-order chi connectivity index (χ0) is 18.5. The van der Waals surface area contributed by atoms with Gasteiger partial charge in [0.2, 0.25) is 5.95 Å². The van der Waals surface area contributed by atoms with Crippen LogP contribution in [0.4, 0.5) is 10.3 Å². The van der Waals surface area contributed by atoms with Gasteiger partial charge in [-0.15, -0.1) is 5.10 Å². The van der Waals surface area contributed by atoms with Crippen molar-refractivity contribution >= 4 is 5.95 Å². The van der Waals surface area contributed by atoms with Crippen molar-refractivity contribution < 1.29 is 10.6 Å². The van der Waals surface area contributed by atoms with Crippen LogP contribution in [0, 0.1) is 12.7 Å². The van der Waals surface area contributed by atoms with Crippen LogP contribution in [0.5, 0.6) is 0 Å². The summed E-state index contributed by atoms with van der Waals surface area (Å²) in [6.45, 7) is 2.91. The van der Waals surface area contributed by atoms with Crippen molar-refractivity contribution in [2.24, 2.45) is 0 Å². The van der Waals surface area contributed by atoms with E-state index >= 15 is 0 Å². The lowest BCUT2D eigenvalue weighted by Gasteiger charge is -2.05. The summed E-state index contributed by atoms with van der Waals surface area (Å²) in [6.07, 6.45) is 2.06. The second-order valence-electron chi connectivity index (χ2n) is 5.68. The lowest BCUT2D eigenvalue weighted by atomic mass is 10.1. The molecule has 0 spiro atoms. The molecule has 0 fully saturated rings. The van der Waals surface area contributed by atoms with E-state index in [1.807, 2.05) is 0 Å². The molecule has 1 aromatic carbocycles. The molecule has 0 aliphatic heterocycles. The van der Waals surface area contributed by atoms with E-state index in [4.69, 9.17) is 4.74 Å². The average molecular weight is 360 g/mol. The third kappa shape index (κ3) is 3.94. The van der Waals surface area contributed by atoms with Gasteiger partial charge >= 0.3 is 0 Å². The second-order valence-corrected chi connectivity index (χ2v) is 5.68. The van der Waals surface area contributed by atoms with Gasteiger partial charge in [-0.25, -0.2) is 9.37 Å². The molecule has 0 saturated carbocycles. The van der Waals surface area contributed by atoms with Gasteiger partial charge in [0.1, 0.15) is 5.82 Å². The molecule has 3 aromatic rings. The number of halogens is 1. The molecule has 3 rings (SSSR count). The maximum Gasteiger partial charge on any atom is 0.252 e. The monoisotopic (exact) mass is 360 g/mol. The molecule has 0 amide bonds. The Morgan fingerprint density at radius 3 is 2.96 bits per heavy atom. The first-order valence-corrected chi connectivity index (χ1v) is 8.10. The minimum Gasteiger partial charge on any atom is -0.385 e. The Bertz CT molecular complexity index is 959. The summed E-state index contributed by atoms with van der Waals surface area (Å²) < 4.78 is 20.4. The van der Waals surface area contributed by atoms with E-state index < -0.39 is 0 Å². The van der Waals surface area contributed by atoms with Crippen LogP contribution < -0.4 is 10.9 Å². The summed E-state index contributed by atoms with van der Waals surface area (Å²) >= 11 is 0. The smallest absolute Gasteiger partial charge is 0.252 e. The molecule has 0 bridgehead atoms. The third-order valence-corrected chi connectivity index (χ3v) is 3.73. The maximum absolute atomic E-state index is 14.0. The fraction of sp³-hybridized carbons (Fsp3) is 0.294. The standard InChI is InChI=1S/C17H19FN6O2.H2/c1-11-4-5-12(8-13(11)18)16-22-17(19-6-3-7-26-2)23-24(16)14-9-15(25)21-10-20-14;/h4-5,8-10H,3,6-7H2,1-2H3,(H,19,23)(H,20,21,25);1H. The van der Waals surface area contributed by atoms with Crippen LogP contribution >= 0.6 is 0 Å². The van der Waals surface area contributed by atoms with Crippen LogP contribution in [-0.2, 0) is 4.74 Å². The van der Waals surface area contributed by atoms with E-state index in [1.54, 1.807) is 26.2 Å². The van der Waals surface area contributed by atoms with Crippen LogP contribution in [0.15, 0.2) is 35.4 Å². The fourth-order valence-corrected chi connectivity index (χ4v) is 2.36. The molecule has 0 aliphatic carbocycles. The molecule has 2 N–H and O–H groups in total. The van der Waals surface area contributed by atoms with Crippen molar-refractivity contribution in [3.8, 4) is 17.2 Å². The van der Waals surface area contributed by atoms with Gasteiger partial charge in [0.05, 0.1) is 6.33 Å². The largest absolute Gasteiger partial charge is 0.385 e. The Morgan fingerprint density at radius 2 is 2.23 bits per heavy atom. The number of aryl methyl sites for hydroxylation is 1. The molecule has 0 atom stereocenters. The Labute approximate surface area is 150 Å². The topological polar surface area (TPSA) is 97.7 Å². The number of hydrogen-bond donors (Lipinski definition) is 2. The number of nitrogens with zero attached hydrogens (tertiary/aromatic N) is 4. The molecular formula is C17H21FN6O2. The number of aromatic amines is 1. The zero-order valence-electron chi connectivity index (χ0n) is 14.5. The van der Waals surface area contributed by atoms with Crippen LogP contribution in [0.2, 0.25) is 0 Å². The highest BCUT2D eigenvalue weighted by molar-refractivity contribution is 5.59. The Balaban J connectivity index is 0.00000261. The highest BCUT2D eigenvalue weighted by Crippen LogP contribution is 2.23. The third-order valence-electron chi connectivity index (χ3n) is 3.73.